The summed E-state index contributed by atoms with van der Waals surface area (Å²) in [7, 11) is 1.44. The maximum Gasteiger partial charge on any atom is 0.293 e. The van der Waals surface area contributed by atoms with Gasteiger partial charge in [-0.1, -0.05) is 12.1 Å². The molecule has 2 amide bonds. The van der Waals surface area contributed by atoms with Gasteiger partial charge in [-0.3, -0.25) is 24.6 Å². The summed E-state index contributed by atoms with van der Waals surface area (Å²) < 4.78 is 24.1. The van der Waals surface area contributed by atoms with Gasteiger partial charge in [0.15, 0.2) is 0 Å². The zero-order chi connectivity index (χ0) is 22.8. The van der Waals surface area contributed by atoms with Crippen molar-refractivity contribution >= 4 is 34.7 Å². The number of nitro groups is 1. The number of benzene rings is 2. The van der Waals surface area contributed by atoms with E-state index in [1.165, 1.54) is 55.7 Å². The van der Waals surface area contributed by atoms with E-state index in [0.29, 0.717) is 28.4 Å². The lowest BCUT2D eigenvalue weighted by Crippen LogP contribution is -2.27. The van der Waals surface area contributed by atoms with Crippen LogP contribution in [-0.2, 0) is 11.3 Å². The molecule has 1 fully saturated rings. The third kappa shape index (κ3) is 4.26. The van der Waals surface area contributed by atoms with Crippen LogP contribution in [0.2, 0.25) is 0 Å². The fraction of sp³-hybridized carbons (Fsp3) is 0.0909. The smallest absolute Gasteiger partial charge is 0.293 e. The first-order valence-corrected chi connectivity index (χ1v) is 10.1. The van der Waals surface area contributed by atoms with Crippen molar-refractivity contribution in [1.29, 1.82) is 0 Å². The van der Waals surface area contributed by atoms with Crippen molar-refractivity contribution in [1.82, 2.24) is 4.90 Å². The van der Waals surface area contributed by atoms with E-state index in [2.05, 4.69) is 0 Å². The lowest BCUT2D eigenvalue weighted by atomic mass is 10.1. The number of hydrogen-bond donors (Lipinski definition) is 0. The van der Waals surface area contributed by atoms with Gasteiger partial charge in [0.25, 0.3) is 16.8 Å². The topological polar surface area (TPSA) is 103 Å². The number of furan rings is 1. The van der Waals surface area contributed by atoms with Gasteiger partial charge in [0.1, 0.15) is 23.1 Å². The second kappa shape index (κ2) is 8.67. The number of nitro benzene ring substituents is 1. The molecule has 8 nitrogen and oxygen atoms in total. The Labute approximate surface area is 185 Å². The second-order valence-corrected chi connectivity index (χ2v) is 7.73. The van der Waals surface area contributed by atoms with Crippen molar-refractivity contribution in [2.24, 2.45) is 0 Å². The van der Waals surface area contributed by atoms with E-state index in [1.54, 1.807) is 12.1 Å². The van der Waals surface area contributed by atoms with E-state index in [0.717, 1.165) is 16.7 Å². The minimum absolute atomic E-state index is 0.0244. The number of imide groups is 1. The zero-order valence-corrected chi connectivity index (χ0v) is 17.4. The second-order valence-electron chi connectivity index (χ2n) is 6.74. The Kier molecular flexibility index (Phi) is 5.78. The fourth-order valence-corrected chi connectivity index (χ4v) is 3.93. The maximum atomic E-state index is 13.1. The van der Waals surface area contributed by atoms with E-state index >= 15 is 0 Å². The van der Waals surface area contributed by atoms with Crippen LogP contribution in [0.15, 0.2) is 63.9 Å². The van der Waals surface area contributed by atoms with Crippen LogP contribution < -0.4 is 4.74 Å². The molecule has 1 saturated heterocycles. The average molecular weight is 454 g/mol. The summed E-state index contributed by atoms with van der Waals surface area (Å²) in [5.74, 6) is 0.0892. The van der Waals surface area contributed by atoms with E-state index in [1.807, 2.05) is 0 Å². The molecule has 1 aromatic heterocycles. The molecular formula is C22H15FN2O6S. The van der Waals surface area contributed by atoms with Gasteiger partial charge in [-0.2, -0.15) is 0 Å². The Morgan fingerprint density at radius 3 is 2.59 bits per heavy atom. The van der Waals surface area contributed by atoms with Crippen molar-refractivity contribution in [2.75, 3.05) is 7.11 Å². The summed E-state index contributed by atoms with van der Waals surface area (Å²) in [6.45, 7) is 0.0244. The Balaban J connectivity index is 1.58. The zero-order valence-electron chi connectivity index (χ0n) is 16.6. The number of carbonyl (C=O) groups is 2. The predicted octanol–water partition coefficient (Wildman–Crippen LogP) is 5.24. The van der Waals surface area contributed by atoms with Gasteiger partial charge in [0.05, 0.1) is 29.0 Å². The summed E-state index contributed by atoms with van der Waals surface area (Å²) in [4.78, 5) is 36.8. The molecule has 3 aromatic rings. The Morgan fingerprint density at radius 2 is 1.91 bits per heavy atom. The number of nitrogens with zero attached hydrogens (tertiary/aromatic N) is 2. The SMILES string of the molecule is COc1ccc([N+](=O)[O-])cc1-c1ccc(/C=C2\SC(=O)N(Cc3ccc(F)cc3)C2=O)o1. The van der Waals surface area contributed by atoms with E-state index in [-0.39, 0.29) is 17.1 Å². The molecule has 0 atom stereocenters. The molecule has 0 N–H and O–H groups in total. The summed E-state index contributed by atoms with van der Waals surface area (Å²) in [5.41, 5.74) is 0.874. The summed E-state index contributed by atoms with van der Waals surface area (Å²) in [5, 5.41) is 10.6. The Morgan fingerprint density at radius 1 is 1.16 bits per heavy atom. The van der Waals surface area contributed by atoms with Gasteiger partial charge < -0.3 is 9.15 Å². The molecule has 162 valence electrons. The number of halogens is 1. The molecule has 0 aliphatic carbocycles. The molecule has 1 aliphatic heterocycles. The fourth-order valence-electron chi connectivity index (χ4n) is 3.12. The molecule has 0 unspecified atom stereocenters. The van der Waals surface area contributed by atoms with Crippen LogP contribution in [0.1, 0.15) is 11.3 Å². The summed E-state index contributed by atoms with van der Waals surface area (Å²) in [6, 6.07) is 12.8. The minimum Gasteiger partial charge on any atom is -0.496 e. The highest BCUT2D eigenvalue weighted by Gasteiger charge is 2.35. The maximum absolute atomic E-state index is 13.1. The normalized spacial score (nSPS) is 14.9. The van der Waals surface area contributed by atoms with Crippen molar-refractivity contribution in [3.05, 3.63) is 86.8 Å². The Bertz CT molecular complexity index is 1250. The lowest BCUT2D eigenvalue weighted by Gasteiger charge is -2.12. The molecule has 0 saturated carbocycles. The highest BCUT2D eigenvalue weighted by molar-refractivity contribution is 8.18. The minimum atomic E-state index is -0.524. The third-order valence-electron chi connectivity index (χ3n) is 4.69. The molecule has 1 aliphatic rings. The van der Waals surface area contributed by atoms with Crippen LogP contribution in [-0.4, -0.2) is 28.1 Å². The monoisotopic (exact) mass is 454 g/mol. The first-order chi connectivity index (χ1) is 15.4. The number of non-ortho nitro benzene ring substituents is 1. The van der Waals surface area contributed by atoms with Gasteiger partial charge >= 0.3 is 0 Å². The van der Waals surface area contributed by atoms with Gasteiger partial charge in [-0.25, -0.2) is 4.39 Å². The molecule has 0 spiro atoms. The molecule has 10 heteroatoms. The number of ether oxygens (including phenoxy) is 1. The standard InChI is InChI=1S/C22H15FN2O6S/c1-30-18-8-6-15(25(28)29)10-17(18)19-9-7-16(31-19)11-20-21(26)24(22(27)32-20)12-13-2-4-14(23)5-3-13/h2-11H,12H2,1H3/b20-11-. The number of hydrogen-bond acceptors (Lipinski definition) is 7. The Hall–Kier alpha value is -3.92. The van der Waals surface area contributed by atoms with Crippen LogP contribution >= 0.6 is 11.8 Å². The predicted molar refractivity (Wildman–Crippen MR) is 115 cm³/mol. The highest BCUT2D eigenvalue weighted by Crippen LogP contribution is 2.37. The van der Waals surface area contributed by atoms with Gasteiger partial charge in [-0.15, -0.1) is 0 Å². The lowest BCUT2D eigenvalue weighted by molar-refractivity contribution is -0.384. The molecule has 0 radical (unpaired) electrons. The molecule has 2 aromatic carbocycles. The van der Waals surface area contributed by atoms with E-state index in [4.69, 9.17) is 9.15 Å². The molecule has 2 heterocycles. The van der Waals surface area contributed by atoms with E-state index < -0.39 is 21.9 Å². The average Bonchev–Trinajstić information content (AvgIpc) is 3.35. The van der Waals surface area contributed by atoms with Crippen molar-refractivity contribution < 1.29 is 28.1 Å². The van der Waals surface area contributed by atoms with Crippen LogP contribution in [0.25, 0.3) is 17.4 Å². The van der Waals surface area contributed by atoms with E-state index in [9.17, 15) is 24.1 Å². The van der Waals surface area contributed by atoms with Crippen LogP contribution in [0.3, 0.4) is 0 Å². The molecular weight excluding hydrogens is 439 g/mol. The van der Waals surface area contributed by atoms with Crippen LogP contribution in [0.5, 0.6) is 5.75 Å². The van der Waals surface area contributed by atoms with Crippen molar-refractivity contribution in [2.45, 2.75) is 6.54 Å². The van der Waals surface area contributed by atoms with Crippen molar-refractivity contribution in [3.63, 3.8) is 0 Å². The number of amides is 2. The summed E-state index contributed by atoms with van der Waals surface area (Å²) >= 11 is 0.769. The largest absolute Gasteiger partial charge is 0.496 e. The number of rotatable bonds is 6. The molecule has 0 bridgehead atoms. The highest BCUT2D eigenvalue weighted by atomic mass is 32.2. The number of thioether (sulfide) groups is 1. The summed E-state index contributed by atoms with van der Waals surface area (Å²) in [6.07, 6.45) is 1.43. The number of carbonyl (C=O) groups excluding carboxylic acids is 2. The van der Waals surface area contributed by atoms with Crippen LogP contribution in [0.4, 0.5) is 14.9 Å². The first kappa shape index (κ1) is 21.3. The first-order valence-electron chi connectivity index (χ1n) is 9.28. The molecule has 4 rings (SSSR count). The van der Waals surface area contributed by atoms with Gasteiger partial charge in [0, 0.05) is 18.2 Å². The quantitative estimate of drug-likeness (QED) is 0.285. The van der Waals surface area contributed by atoms with Gasteiger partial charge in [-0.05, 0) is 47.7 Å². The third-order valence-corrected chi connectivity index (χ3v) is 5.59. The molecule has 32 heavy (non-hydrogen) atoms. The number of methoxy groups -OCH3 is 1. The van der Waals surface area contributed by atoms with Crippen molar-refractivity contribution in [3.8, 4) is 17.1 Å². The van der Waals surface area contributed by atoms with Crippen LogP contribution in [0, 0.1) is 15.9 Å². The van der Waals surface area contributed by atoms with Gasteiger partial charge in [0.2, 0.25) is 0 Å².